The molecule has 2 fully saturated rings. The number of carbonyl (C=O) groups excluding carboxylic acids is 1. The van der Waals surface area contributed by atoms with Crippen LogP contribution in [0.3, 0.4) is 0 Å². The van der Waals surface area contributed by atoms with Crippen molar-refractivity contribution in [2.24, 2.45) is 5.41 Å². The van der Waals surface area contributed by atoms with Gasteiger partial charge in [0.25, 0.3) is 0 Å². The lowest BCUT2D eigenvalue weighted by atomic mass is 9.52. The summed E-state index contributed by atoms with van der Waals surface area (Å²) in [5, 5.41) is 10.3. The van der Waals surface area contributed by atoms with E-state index in [1.165, 1.54) is 0 Å². The van der Waals surface area contributed by atoms with Crippen LogP contribution >= 0.6 is 0 Å². The Morgan fingerprint density at radius 2 is 1.74 bits per heavy atom. The summed E-state index contributed by atoms with van der Waals surface area (Å²) in [6, 6.07) is 18.6. The highest BCUT2D eigenvalue weighted by molar-refractivity contribution is 6.10. The molecule has 3 aliphatic heterocycles. The lowest BCUT2D eigenvalue weighted by molar-refractivity contribution is -0.156. The van der Waals surface area contributed by atoms with Gasteiger partial charge in [-0.2, -0.15) is 0 Å². The highest BCUT2D eigenvalue weighted by Gasteiger charge is 2.83. The van der Waals surface area contributed by atoms with Gasteiger partial charge >= 0.3 is 5.97 Å². The van der Waals surface area contributed by atoms with Crippen LogP contribution in [-0.4, -0.2) is 35.2 Å². The number of hydrogen-bond donors (Lipinski definition) is 1. The van der Waals surface area contributed by atoms with E-state index < -0.39 is 28.5 Å². The second-order valence-electron chi connectivity index (χ2n) is 7.64. The van der Waals surface area contributed by atoms with E-state index in [0.717, 1.165) is 5.69 Å². The Morgan fingerprint density at radius 1 is 1.11 bits per heavy atom. The van der Waals surface area contributed by atoms with Crippen LogP contribution in [0, 0.1) is 5.41 Å². The van der Waals surface area contributed by atoms with Crippen LogP contribution in [0.15, 0.2) is 72.8 Å². The van der Waals surface area contributed by atoms with Crippen molar-refractivity contribution in [3.63, 3.8) is 0 Å². The minimum atomic E-state index is -1.40. The number of carbonyl (C=O) groups is 2. The highest BCUT2D eigenvalue weighted by atomic mass is 16.5. The van der Waals surface area contributed by atoms with E-state index in [0.29, 0.717) is 12.1 Å². The maximum absolute atomic E-state index is 14.0. The topological polar surface area (TPSA) is 66.8 Å². The Balaban J connectivity index is 1.81. The van der Waals surface area contributed by atoms with Gasteiger partial charge in [0.1, 0.15) is 16.4 Å². The molecule has 0 radical (unpaired) electrons. The van der Waals surface area contributed by atoms with Crippen LogP contribution < -0.4 is 4.90 Å². The summed E-state index contributed by atoms with van der Waals surface area (Å²) in [5.74, 6) is -1.25. The van der Waals surface area contributed by atoms with Gasteiger partial charge in [-0.05, 0) is 24.6 Å². The zero-order valence-corrected chi connectivity index (χ0v) is 14.8. The molecule has 4 unspecified atom stereocenters. The quantitative estimate of drug-likeness (QED) is 0.854. The summed E-state index contributed by atoms with van der Waals surface area (Å²) in [5.41, 5.74) is -2.29. The number of aliphatic carboxylic acids is 1. The van der Waals surface area contributed by atoms with Crippen molar-refractivity contribution >= 4 is 17.6 Å². The van der Waals surface area contributed by atoms with Crippen LogP contribution in [0.25, 0.3) is 0 Å². The first kappa shape index (κ1) is 16.3. The predicted octanol–water partition coefficient (Wildman–Crippen LogP) is 2.77. The van der Waals surface area contributed by atoms with Gasteiger partial charge in [0.2, 0.25) is 5.91 Å². The van der Waals surface area contributed by atoms with E-state index in [1.807, 2.05) is 66.7 Å². The molecule has 2 aromatic rings. The molecule has 0 saturated carbocycles. The van der Waals surface area contributed by atoms with Gasteiger partial charge < -0.3 is 14.7 Å². The normalized spacial score (nSPS) is 36.3. The van der Waals surface area contributed by atoms with Crippen molar-refractivity contribution in [3.8, 4) is 0 Å². The van der Waals surface area contributed by atoms with Crippen LogP contribution in [0.5, 0.6) is 0 Å². The first-order valence-corrected chi connectivity index (χ1v) is 9.00. The lowest BCUT2D eigenvalue weighted by Crippen LogP contribution is -2.61. The molecule has 0 aromatic heterocycles. The van der Waals surface area contributed by atoms with Crippen LogP contribution in [-0.2, 0) is 19.7 Å². The minimum absolute atomic E-state index is 0.225. The van der Waals surface area contributed by atoms with E-state index in [1.54, 1.807) is 17.9 Å². The summed E-state index contributed by atoms with van der Waals surface area (Å²) < 4.78 is 6.29. The Bertz CT molecular complexity index is 972. The molecule has 4 atom stereocenters. The Morgan fingerprint density at radius 3 is 2.37 bits per heavy atom. The molecule has 1 spiro atoms. The van der Waals surface area contributed by atoms with Crippen molar-refractivity contribution in [1.29, 1.82) is 0 Å². The van der Waals surface area contributed by atoms with Gasteiger partial charge in [-0.1, -0.05) is 60.7 Å². The second-order valence-corrected chi connectivity index (χ2v) is 7.64. The molecule has 5 heteroatoms. The summed E-state index contributed by atoms with van der Waals surface area (Å²) in [4.78, 5) is 28.2. The zero-order chi connectivity index (χ0) is 18.9. The van der Waals surface area contributed by atoms with Crippen LogP contribution in [0.1, 0.15) is 12.5 Å². The number of carboxylic acid groups (broad SMARTS) is 1. The second kappa shape index (κ2) is 5.08. The summed E-state index contributed by atoms with van der Waals surface area (Å²) in [6.07, 6.45) is 3.06. The predicted molar refractivity (Wildman–Crippen MR) is 99.4 cm³/mol. The van der Waals surface area contributed by atoms with Gasteiger partial charge in [0.05, 0.1) is 12.6 Å². The van der Waals surface area contributed by atoms with E-state index in [9.17, 15) is 14.7 Å². The highest BCUT2D eigenvalue weighted by Crippen LogP contribution is 2.67. The number of amides is 1. The van der Waals surface area contributed by atoms with E-state index in [-0.39, 0.29) is 5.91 Å². The average molecular weight is 361 g/mol. The third-order valence-corrected chi connectivity index (χ3v) is 6.54. The summed E-state index contributed by atoms with van der Waals surface area (Å²) in [7, 11) is 0. The molecule has 2 aromatic carbocycles. The molecule has 1 amide bonds. The van der Waals surface area contributed by atoms with E-state index in [2.05, 4.69) is 0 Å². The Labute approximate surface area is 156 Å². The number of para-hydroxylation sites is 1. The number of anilines is 1. The number of benzene rings is 2. The number of hydrogen-bond acceptors (Lipinski definition) is 3. The fourth-order valence-corrected chi connectivity index (χ4v) is 5.30. The van der Waals surface area contributed by atoms with E-state index >= 15 is 0 Å². The van der Waals surface area contributed by atoms with Crippen molar-refractivity contribution in [1.82, 2.24) is 0 Å². The molecule has 1 N–H and O–H groups in total. The summed E-state index contributed by atoms with van der Waals surface area (Å²) >= 11 is 0. The SMILES string of the molecule is CC1(C(=O)O)C2C=CC3(CN(c4ccccc4)C(=O)C31c1ccccc1)O2. The first-order chi connectivity index (χ1) is 13.0. The molecular formula is C22H19NO4. The number of nitrogens with zero attached hydrogens (tertiary/aromatic N) is 1. The largest absolute Gasteiger partial charge is 0.481 e. The zero-order valence-electron chi connectivity index (χ0n) is 14.8. The summed E-state index contributed by atoms with van der Waals surface area (Å²) in [6.45, 7) is 1.94. The number of carboxylic acids is 1. The molecule has 3 aliphatic rings. The van der Waals surface area contributed by atoms with Crippen LogP contribution in [0.2, 0.25) is 0 Å². The fourth-order valence-electron chi connectivity index (χ4n) is 5.30. The van der Waals surface area contributed by atoms with E-state index in [4.69, 9.17) is 4.74 Å². The third kappa shape index (κ3) is 1.64. The van der Waals surface area contributed by atoms with Gasteiger partial charge in [-0.3, -0.25) is 9.59 Å². The minimum Gasteiger partial charge on any atom is -0.481 e. The molecule has 2 saturated heterocycles. The molecule has 5 rings (SSSR count). The van der Waals surface area contributed by atoms with Gasteiger partial charge in [-0.25, -0.2) is 0 Å². The molecule has 2 bridgehead atoms. The van der Waals surface area contributed by atoms with Crippen molar-refractivity contribution in [2.45, 2.75) is 24.0 Å². The van der Waals surface area contributed by atoms with Gasteiger partial charge in [0, 0.05) is 5.69 Å². The maximum Gasteiger partial charge on any atom is 0.313 e. The number of ether oxygens (including phenoxy) is 1. The number of rotatable bonds is 3. The third-order valence-electron chi connectivity index (χ3n) is 6.54. The molecular weight excluding hydrogens is 342 g/mol. The van der Waals surface area contributed by atoms with Crippen molar-refractivity contribution in [2.75, 3.05) is 11.4 Å². The van der Waals surface area contributed by atoms with Gasteiger partial charge in [-0.15, -0.1) is 0 Å². The Kier molecular flexibility index (Phi) is 3.06. The average Bonchev–Trinajstić information content (AvgIpc) is 3.30. The van der Waals surface area contributed by atoms with Crippen molar-refractivity contribution in [3.05, 3.63) is 78.4 Å². The molecule has 3 heterocycles. The monoisotopic (exact) mass is 361 g/mol. The number of fused-ring (bicyclic) bond motifs is 1. The fraction of sp³-hybridized carbons (Fsp3) is 0.273. The van der Waals surface area contributed by atoms with Gasteiger partial charge in [0.15, 0.2) is 0 Å². The molecule has 27 heavy (non-hydrogen) atoms. The van der Waals surface area contributed by atoms with Crippen molar-refractivity contribution < 1.29 is 19.4 Å². The van der Waals surface area contributed by atoms with Crippen LogP contribution in [0.4, 0.5) is 5.69 Å². The first-order valence-electron chi connectivity index (χ1n) is 9.00. The maximum atomic E-state index is 14.0. The molecule has 136 valence electrons. The Hall–Kier alpha value is -2.92. The smallest absolute Gasteiger partial charge is 0.313 e. The lowest BCUT2D eigenvalue weighted by Gasteiger charge is -2.43. The molecule has 0 aliphatic carbocycles. The molecule has 5 nitrogen and oxygen atoms in total. The standard InChI is InChI=1S/C22H19NO4/c1-20(19(25)26)17-12-13-21(27-17)14-23(16-10-6-3-7-11-16)18(24)22(20,21)15-8-4-2-5-9-15/h2-13,17H,14H2,1H3,(H,25,26).